The van der Waals surface area contributed by atoms with Gasteiger partial charge in [0, 0.05) is 10.7 Å². The summed E-state index contributed by atoms with van der Waals surface area (Å²) in [6.45, 7) is 0. The number of methoxy groups -OCH3 is 2. The normalized spacial score (nSPS) is 14.0. The Morgan fingerprint density at radius 3 is 2.19 bits per heavy atom. The van der Waals surface area contributed by atoms with Gasteiger partial charge in [-0.1, -0.05) is 34.8 Å². The van der Waals surface area contributed by atoms with Gasteiger partial charge in [0.05, 0.1) is 24.9 Å². The lowest BCUT2D eigenvalue weighted by molar-refractivity contribution is -0.120. The van der Waals surface area contributed by atoms with Gasteiger partial charge in [-0.2, -0.15) is 0 Å². The molecular weight excluding hydrogens is 415 g/mol. The number of imide groups is 1. The van der Waals surface area contributed by atoms with Gasteiger partial charge < -0.3 is 14.8 Å². The minimum absolute atomic E-state index is 0.0788. The highest BCUT2D eigenvalue weighted by atomic mass is 35.5. The van der Waals surface area contributed by atoms with Crippen molar-refractivity contribution in [3.05, 3.63) is 57.2 Å². The van der Waals surface area contributed by atoms with Crippen LogP contribution in [0.3, 0.4) is 0 Å². The molecule has 1 heterocycles. The van der Waals surface area contributed by atoms with E-state index in [4.69, 9.17) is 44.3 Å². The summed E-state index contributed by atoms with van der Waals surface area (Å²) in [5.41, 5.74) is 0.586. The van der Waals surface area contributed by atoms with Crippen molar-refractivity contribution in [2.75, 3.05) is 24.4 Å². The summed E-state index contributed by atoms with van der Waals surface area (Å²) in [6, 6.07) is 9.41. The van der Waals surface area contributed by atoms with Gasteiger partial charge in [-0.3, -0.25) is 9.59 Å². The highest BCUT2D eigenvalue weighted by Gasteiger charge is 2.40. The van der Waals surface area contributed by atoms with Gasteiger partial charge >= 0.3 is 0 Å². The molecule has 0 bridgehead atoms. The van der Waals surface area contributed by atoms with Crippen molar-refractivity contribution in [2.45, 2.75) is 0 Å². The molecule has 0 atom stereocenters. The van der Waals surface area contributed by atoms with E-state index >= 15 is 0 Å². The van der Waals surface area contributed by atoms with E-state index in [2.05, 4.69) is 5.32 Å². The Kier molecular flexibility index (Phi) is 5.51. The summed E-state index contributed by atoms with van der Waals surface area (Å²) in [4.78, 5) is 26.4. The average Bonchev–Trinajstić information content (AvgIpc) is 2.85. The number of carbonyl (C=O) groups excluding carboxylic acids is 2. The molecule has 0 saturated heterocycles. The maximum Gasteiger partial charge on any atom is 0.283 e. The van der Waals surface area contributed by atoms with Gasteiger partial charge in [0.1, 0.15) is 22.2 Å². The zero-order valence-electron chi connectivity index (χ0n) is 14.2. The van der Waals surface area contributed by atoms with Crippen molar-refractivity contribution in [2.24, 2.45) is 0 Å². The van der Waals surface area contributed by atoms with Gasteiger partial charge in [0.25, 0.3) is 11.8 Å². The van der Waals surface area contributed by atoms with Crippen LogP contribution in [-0.4, -0.2) is 26.0 Å². The average molecular weight is 428 g/mol. The molecule has 6 nitrogen and oxygen atoms in total. The molecule has 3 rings (SSSR count). The number of carbonyl (C=O) groups is 2. The van der Waals surface area contributed by atoms with Crippen molar-refractivity contribution >= 4 is 58.0 Å². The number of benzene rings is 2. The molecule has 1 N–H and O–H groups in total. The van der Waals surface area contributed by atoms with E-state index < -0.39 is 11.8 Å². The van der Waals surface area contributed by atoms with Crippen LogP contribution in [0.2, 0.25) is 10.0 Å². The second-order valence-corrected chi connectivity index (χ2v) is 6.65. The van der Waals surface area contributed by atoms with Crippen molar-refractivity contribution < 1.29 is 19.1 Å². The summed E-state index contributed by atoms with van der Waals surface area (Å²) in [5, 5.41) is 3.26. The monoisotopic (exact) mass is 426 g/mol. The number of anilines is 2. The predicted molar refractivity (Wildman–Crippen MR) is 105 cm³/mol. The highest BCUT2D eigenvalue weighted by Crippen LogP contribution is 2.37. The molecule has 9 heteroatoms. The first-order valence-corrected chi connectivity index (χ1v) is 8.73. The minimum atomic E-state index is -0.690. The molecule has 27 heavy (non-hydrogen) atoms. The quantitative estimate of drug-likeness (QED) is 0.714. The Morgan fingerprint density at radius 2 is 1.56 bits per heavy atom. The number of halogens is 3. The Labute approximate surface area is 170 Å². The van der Waals surface area contributed by atoms with Crippen molar-refractivity contribution in [1.29, 1.82) is 0 Å². The van der Waals surface area contributed by atoms with E-state index in [0.717, 1.165) is 4.90 Å². The first kappa shape index (κ1) is 19.4. The first-order valence-electron chi connectivity index (χ1n) is 7.60. The fourth-order valence-electron chi connectivity index (χ4n) is 2.56. The molecule has 140 valence electrons. The third kappa shape index (κ3) is 3.56. The van der Waals surface area contributed by atoms with Crippen LogP contribution < -0.4 is 19.7 Å². The number of amides is 2. The summed E-state index contributed by atoms with van der Waals surface area (Å²) in [5.74, 6) is -0.553. The number of ether oxygens (including phenoxy) is 2. The zero-order valence-corrected chi connectivity index (χ0v) is 16.4. The van der Waals surface area contributed by atoms with Crippen LogP contribution in [0.15, 0.2) is 47.1 Å². The SMILES string of the molecule is COc1ccc(NC2=C(Cl)C(=O)N(c3cc(Cl)ccc3OC)C2=O)cc1Cl. The fraction of sp³-hybridized carbons (Fsp3) is 0.111. The lowest BCUT2D eigenvalue weighted by Crippen LogP contribution is -2.32. The van der Waals surface area contributed by atoms with Crippen LogP contribution in [0.25, 0.3) is 0 Å². The molecular formula is C18H13Cl3N2O4. The second-order valence-electron chi connectivity index (χ2n) is 5.43. The third-order valence-corrected chi connectivity index (χ3v) is 4.71. The van der Waals surface area contributed by atoms with Crippen LogP contribution in [0, 0.1) is 0 Å². The van der Waals surface area contributed by atoms with E-state index in [1.54, 1.807) is 30.3 Å². The molecule has 1 aliphatic rings. The van der Waals surface area contributed by atoms with Crippen molar-refractivity contribution in [3.63, 3.8) is 0 Å². The minimum Gasteiger partial charge on any atom is -0.495 e. The molecule has 0 unspecified atom stereocenters. The number of nitrogens with one attached hydrogen (secondary N) is 1. The smallest absolute Gasteiger partial charge is 0.283 e. The van der Waals surface area contributed by atoms with Crippen LogP contribution in [0.4, 0.5) is 11.4 Å². The zero-order chi connectivity index (χ0) is 19.7. The molecule has 0 radical (unpaired) electrons. The first-order chi connectivity index (χ1) is 12.9. The summed E-state index contributed by atoms with van der Waals surface area (Å²) >= 11 is 18.2. The topological polar surface area (TPSA) is 67.9 Å². The molecule has 0 fully saturated rings. The van der Waals surface area contributed by atoms with E-state index in [1.165, 1.54) is 20.3 Å². The van der Waals surface area contributed by atoms with Crippen molar-refractivity contribution in [3.8, 4) is 11.5 Å². The highest BCUT2D eigenvalue weighted by molar-refractivity contribution is 6.53. The summed E-state index contributed by atoms with van der Waals surface area (Å²) in [7, 11) is 2.91. The van der Waals surface area contributed by atoms with E-state index in [-0.39, 0.29) is 16.4 Å². The second kappa shape index (κ2) is 7.68. The lowest BCUT2D eigenvalue weighted by atomic mass is 10.2. The molecule has 2 aromatic carbocycles. The van der Waals surface area contributed by atoms with E-state index in [0.29, 0.717) is 27.2 Å². The van der Waals surface area contributed by atoms with Gasteiger partial charge in [0.15, 0.2) is 0 Å². The molecule has 0 aliphatic carbocycles. The molecule has 0 spiro atoms. The summed E-state index contributed by atoms with van der Waals surface area (Å²) in [6.07, 6.45) is 0. The van der Waals surface area contributed by atoms with Crippen LogP contribution in [0.1, 0.15) is 0 Å². The van der Waals surface area contributed by atoms with E-state index in [1.807, 2.05) is 0 Å². The van der Waals surface area contributed by atoms with Crippen LogP contribution in [-0.2, 0) is 9.59 Å². The number of rotatable bonds is 5. The van der Waals surface area contributed by atoms with Gasteiger partial charge in [-0.15, -0.1) is 0 Å². The van der Waals surface area contributed by atoms with Crippen LogP contribution in [0.5, 0.6) is 11.5 Å². The number of hydrogen-bond donors (Lipinski definition) is 1. The molecule has 0 saturated carbocycles. The Bertz CT molecular complexity index is 975. The van der Waals surface area contributed by atoms with Crippen LogP contribution >= 0.6 is 34.8 Å². The lowest BCUT2D eigenvalue weighted by Gasteiger charge is -2.18. The largest absolute Gasteiger partial charge is 0.495 e. The Morgan fingerprint density at radius 1 is 0.889 bits per heavy atom. The van der Waals surface area contributed by atoms with Gasteiger partial charge in [-0.05, 0) is 36.4 Å². The standard InChI is InChI=1S/C18H13Cl3N2O4/c1-26-13-6-4-10(8-11(13)20)22-16-15(21)17(24)23(18(16)25)12-7-9(19)3-5-14(12)27-2/h3-8,22H,1-2H3. The summed E-state index contributed by atoms with van der Waals surface area (Å²) < 4.78 is 10.3. The third-order valence-electron chi connectivity index (χ3n) is 3.83. The number of hydrogen-bond acceptors (Lipinski definition) is 5. The Balaban J connectivity index is 1.95. The van der Waals surface area contributed by atoms with Gasteiger partial charge in [0.2, 0.25) is 0 Å². The molecule has 2 aromatic rings. The van der Waals surface area contributed by atoms with E-state index in [9.17, 15) is 9.59 Å². The molecule has 2 amide bonds. The van der Waals surface area contributed by atoms with Crippen molar-refractivity contribution in [1.82, 2.24) is 0 Å². The van der Waals surface area contributed by atoms with Gasteiger partial charge in [-0.25, -0.2) is 4.90 Å². The number of nitrogens with zero attached hydrogens (tertiary/aromatic N) is 1. The maximum absolute atomic E-state index is 12.9. The molecule has 1 aliphatic heterocycles. The molecule has 0 aromatic heterocycles. The maximum atomic E-state index is 12.9. The predicted octanol–water partition coefficient (Wildman–Crippen LogP) is 4.45. The fourth-order valence-corrected chi connectivity index (χ4v) is 3.19. The Hall–Kier alpha value is -2.41.